The monoisotopic (exact) mass is 272 g/mol. The van der Waals surface area contributed by atoms with Gasteiger partial charge in [0.2, 0.25) is 0 Å². The van der Waals surface area contributed by atoms with Crippen LogP contribution < -0.4 is 11.1 Å². The van der Waals surface area contributed by atoms with Gasteiger partial charge < -0.3 is 11.1 Å². The Balaban J connectivity index is 2.14. The molecular formula is C13H12N4OS. The number of nitrogens with one attached hydrogen (secondary N) is 1. The number of nitrogens with two attached hydrogens (primary N) is 1. The normalized spacial score (nSPS) is 11.6. The topological polar surface area (TPSA) is 91.8 Å². The Morgan fingerprint density at radius 3 is 3.00 bits per heavy atom. The molecule has 1 heterocycles. The van der Waals surface area contributed by atoms with Crippen molar-refractivity contribution in [1.82, 2.24) is 4.98 Å². The number of amides is 1. The maximum atomic E-state index is 12.0. The van der Waals surface area contributed by atoms with Gasteiger partial charge in [0.25, 0.3) is 5.91 Å². The fraction of sp³-hybridized carbons (Fsp3) is 0.154. The molecule has 19 heavy (non-hydrogen) atoms. The van der Waals surface area contributed by atoms with Crippen LogP contribution in [0.4, 0.5) is 5.69 Å². The van der Waals surface area contributed by atoms with E-state index >= 15 is 0 Å². The van der Waals surface area contributed by atoms with Crippen molar-refractivity contribution in [1.29, 1.82) is 5.26 Å². The standard InChI is InChI=1S/C13H12N4OS/c1-8(15)13-17-11(7-19-13)12(18)16-10-4-2-3-9(5-10)6-14/h2-5,7-8H,15H2,1H3,(H,16,18). The molecular weight excluding hydrogens is 260 g/mol. The summed E-state index contributed by atoms with van der Waals surface area (Å²) in [5.74, 6) is -0.307. The molecule has 5 nitrogen and oxygen atoms in total. The maximum absolute atomic E-state index is 12.0. The lowest BCUT2D eigenvalue weighted by Gasteiger charge is -2.03. The molecule has 1 amide bonds. The van der Waals surface area contributed by atoms with E-state index in [9.17, 15) is 4.79 Å². The van der Waals surface area contributed by atoms with Gasteiger partial charge in [-0.3, -0.25) is 4.79 Å². The van der Waals surface area contributed by atoms with Crippen LogP contribution in [0.15, 0.2) is 29.6 Å². The van der Waals surface area contributed by atoms with Crippen molar-refractivity contribution in [3.05, 3.63) is 45.9 Å². The first kappa shape index (κ1) is 13.2. The summed E-state index contributed by atoms with van der Waals surface area (Å²) < 4.78 is 0. The second-order valence-corrected chi connectivity index (χ2v) is 4.90. The van der Waals surface area contributed by atoms with Gasteiger partial charge >= 0.3 is 0 Å². The zero-order valence-corrected chi connectivity index (χ0v) is 11.1. The molecule has 0 aliphatic heterocycles. The Bertz CT molecular complexity index is 642. The number of hydrogen-bond donors (Lipinski definition) is 2. The Labute approximate surface area is 114 Å². The quantitative estimate of drug-likeness (QED) is 0.896. The first-order chi connectivity index (χ1) is 9.10. The van der Waals surface area contributed by atoms with Crippen molar-refractivity contribution >= 4 is 22.9 Å². The zero-order valence-electron chi connectivity index (χ0n) is 10.3. The number of rotatable bonds is 3. The van der Waals surface area contributed by atoms with Crippen LogP contribution in [0.1, 0.15) is 34.0 Å². The molecule has 2 aromatic rings. The average Bonchev–Trinajstić information content (AvgIpc) is 2.89. The molecule has 0 aliphatic carbocycles. The molecule has 0 saturated heterocycles. The fourth-order valence-corrected chi connectivity index (χ4v) is 2.22. The minimum Gasteiger partial charge on any atom is -0.322 e. The van der Waals surface area contributed by atoms with Gasteiger partial charge in [-0.15, -0.1) is 11.3 Å². The van der Waals surface area contributed by atoms with E-state index in [1.54, 1.807) is 29.6 Å². The number of anilines is 1. The van der Waals surface area contributed by atoms with Crippen molar-refractivity contribution < 1.29 is 4.79 Å². The third-order valence-corrected chi connectivity index (χ3v) is 3.44. The highest BCUT2D eigenvalue weighted by atomic mass is 32.1. The first-order valence-corrected chi connectivity index (χ1v) is 6.50. The third-order valence-electron chi connectivity index (χ3n) is 2.39. The zero-order chi connectivity index (χ0) is 13.8. The highest BCUT2D eigenvalue weighted by Gasteiger charge is 2.12. The number of carbonyl (C=O) groups is 1. The first-order valence-electron chi connectivity index (χ1n) is 5.62. The molecule has 1 aromatic carbocycles. The van der Waals surface area contributed by atoms with Gasteiger partial charge in [-0.1, -0.05) is 6.07 Å². The summed E-state index contributed by atoms with van der Waals surface area (Å²) in [5.41, 5.74) is 7.09. The van der Waals surface area contributed by atoms with Crippen molar-refractivity contribution in [3.8, 4) is 6.07 Å². The molecule has 1 unspecified atom stereocenters. The predicted octanol–water partition coefficient (Wildman–Crippen LogP) is 2.29. The maximum Gasteiger partial charge on any atom is 0.275 e. The number of carbonyl (C=O) groups excluding carboxylic acids is 1. The molecule has 96 valence electrons. The lowest BCUT2D eigenvalue weighted by molar-refractivity contribution is 0.102. The van der Waals surface area contributed by atoms with E-state index in [1.807, 2.05) is 13.0 Å². The van der Waals surface area contributed by atoms with Crippen molar-refractivity contribution in [2.45, 2.75) is 13.0 Å². The molecule has 0 saturated carbocycles. The lowest BCUT2D eigenvalue weighted by Crippen LogP contribution is -2.13. The van der Waals surface area contributed by atoms with Crippen LogP contribution in [-0.4, -0.2) is 10.9 Å². The summed E-state index contributed by atoms with van der Waals surface area (Å²) >= 11 is 1.35. The van der Waals surface area contributed by atoms with E-state index in [4.69, 9.17) is 11.0 Å². The van der Waals surface area contributed by atoms with Crippen LogP contribution in [0.3, 0.4) is 0 Å². The molecule has 0 radical (unpaired) electrons. The Hall–Kier alpha value is -2.23. The summed E-state index contributed by atoms with van der Waals surface area (Å²) in [7, 11) is 0. The molecule has 0 spiro atoms. The molecule has 1 atom stereocenters. The highest BCUT2D eigenvalue weighted by molar-refractivity contribution is 7.09. The largest absolute Gasteiger partial charge is 0.322 e. The van der Waals surface area contributed by atoms with Crippen molar-refractivity contribution in [3.63, 3.8) is 0 Å². The van der Waals surface area contributed by atoms with E-state index in [-0.39, 0.29) is 11.9 Å². The van der Waals surface area contributed by atoms with Gasteiger partial charge in [-0.25, -0.2) is 4.98 Å². The van der Waals surface area contributed by atoms with Gasteiger partial charge in [0.1, 0.15) is 10.7 Å². The molecule has 0 aliphatic rings. The summed E-state index contributed by atoms with van der Waals surface area (Å²) in [5, 5.41) is 13.9. The average molecular weight is 272 g/mol. The molecule has 1 aromatic heterocycles. The summed E-state index contributed by atoms with van der Waals surface area (Å²) in [6.45, 7) is 1.82. The van der Waals surface area contributed by atoms with Gasteiger partial charge in [-0.05, 0) is 25.1 Å². The van der Waals surface area contributed by atoms with Crippen LogP contribution in [-0.2, 0) is 0 Å². The van der Waals surface area contributed by atoms with E-state index < -0.39 is 0 Å². The van der Waals surface area contributed by atoms with Gasteiger partial charge in [-0.2, -0.15) is 5.26 Å². The lowest BCUT2D eigenvalue weighted by atomic mass is 10.2. The molecule has 3 N–H and O–H groups in total. The van der Waals surface area contributed by atoms with Gasteiger partial charge in [0.05, 0.1) is 17.7 Å². The molecule has 2 rings (SSSR count). The summed E-state index contributed by atoms with van der Waals surface area (Å²) in [6.07, 6.45) is 0. The van der Waals surface area contributed by atoms with E-state index in [2.05, 4.69) is 10.3 Å². The van der Waals surface area contributed by atoms with Crippen LogP contribution in [0, 0.1) is 11.3 Å². The number of thiazole rings is 1. The van der Waals surface area contributed by atoms with Gasteiger partial charge in [0.15, 0.2) is 0 Å². The Morgan fingerprint density at radius 1 is 1.58 bits per heavy atom. The Morgan fingerprint density at radius 2 is 2.37 bits per heavy atom. The number of benzene rings is 1. The molecule has 6 heteroatoms. The van der Waals surface area contributed by atoms with E-state index in [1.165, 1.54) is 11.3 Å². The predicted molar refractivity (Wildman–Crippen MR) is 73.8 cm³/mol. The van der Waals surface area contributed by atoms with Crippen LogP contribution in [0.2, 0.25) is 0 Å². The second kappa shape index (κ2) is 5.61. The van der Waals surface area contributed by atoms with Gasteiger partial charge in [0, 0.05) is 11.1 Å². The third kappa shape index (κ3) is 3.16. The minimum atomic E-state index is -0.307. The number of nitrogens with zero attached hydrogens (tertiary/aromatic N) is 2. The van der Waals surface area contributed by atoms with E-state index in [0.717, 1.165) is 5.01 Å². The number of hydrogen-bond acceptors (Lipinski definition) is 5. The highest BCUT2D eigenvalue weighted by Crippen LogP contribution is 2.17. The van der Waals surface area contributed by atoms with Crippen LogP contribution >= 0.6 is 11.3 Å². The molecule has 0 fully saturated rings. The number of aromatic nitrogens is 1. The van der Waals surface area contributed by atoms with Crippen LogP contribution in [0.5, 0.6) is 0 Å². The number of nitriles is 1. The second-order valence-electron chi connectivity index (χ2n) is 4.01. The summed E-state index contributed by atoms with van der Waals surface area (Å²) in [6, 6.07) is 8.54. The van der Waals surface area contributed by atoms with E-state index in [0.29, 0.717) is 16.9 Å². The van der Waals surface area contributed by atoms with Crippen molar-refractivity contribution in [2.24, 2.45) is 5.73 Å². The van der Waals surface area contributed by atoms with Crippen LogP contribution in [0.25, 0.3) is 0 Å². The smallest absolute Gasteiger partial charge is 0.275 e. The minimum absolute atomic E-state index is 0.187. The fourth-order valence-electron chi connectivity index (χ4n) is 1.46. The van der Waals surface area contributed by atoms with Crippen molar-refractivity contribution in [2.75, 3.05) is 5.32 Å². The SMILES string of the molecule is CC(N)c1nc(C(=O)Nc2cccc(C#N)c2)cs1. The molecule has 0 bridgehead atoms. The Kier molecular flexibility index (Phi) is 3.90. The summed E-state index contributed by atoms with van der Waals surface area (Å²) in [4.78, 5) is 16.1.